The topological polar surface area (TPSA) is 21.3 Å². The Hall–Kier alpha value is -0.860. The van der Waals surface area contributed by atoms with Crippen molar-refractivity contribution in [3.05, 3.63) is 35.9 Å². The molecule has 2 unspecified atom stereocenters. The third kappa shape index (κ3) is 4.33. The summed E-state index contributed by atoms with van der Waals surface area (Å²) in [6.45, 7) is 8.26. The minimum Gasteiger partial charge on any atom is -0.369 e. The predicted molar refractivity (Wildman–Crippen MR) is 68.6 cm³/mol. The maximum atomic E-state index is 6.03. The number of benzene rings is 1. The van der Waals surface area contributed by atoms with E-state index in [0.29, 0.717) is 6.10 Å². The molecule has 0 aliphatic rings. The van der Waals surface area contributed by atoms with Gasteiger partial charge in [0.25, 0.3) is 0 Å². The highest BCUT2D eigenvalue weighted by Crippen LogP contribution is 2.19. The fourth-order valence-electron chi connectivity index (χ4n) is 1.56. The lowest BCUT2D eigenvalue weighted by atomic mass is 10.1. The third-order valence-electron chi connectivity index (χ3n) is 2.72. The molecule has 1 aromatic rings. The van der Waals surface area contributed by atoms with Crippen molar-refractivity contribution >= 4 is 0 Å². The lowest BCUT2D eigenvalue weighted by molar-refractivity contribution is -0.00425. The highest BCUT2D eigenvalue weighted by molar-refractivity contribution is 5.17. The molecule has 16 heavy (non-hydrogen) atoms. The maximum absolute atomic E-state index is 6.03. The Labute approximate surface area is 99.0 Å². The highest BCUT2D eigenvalue weighted by Gasteiger charge is 2.13. The van der Waals surface area contributed by atoms with Crippen LogP contribution in [0.1, 0.15) is 38.9 Å². The Morgan fingerprint density at radius 1 is 1.19 bits per heavy atom. The van der Waals surface area contributed by atoms with Crippen LogP contribution in [-0.4, -0.2) is 19.2 Å². The molecule has 1 aromatic carbocycles. The van der Waals surface area contributed by atoms with Crippen LogP contribution in [-0.2, 0) is 4.74 Å². The Morgan fingerprint density at radius 2 is 1.88 bits per heavy atom. The van der Waals surface area contributed by atoms with Crippen molar-refractivity contribution in [1.82, 2.24) is 5.32 Å². The largest absolute Gasteiger partial charge is 0.369 e. The van der Waals surface area contributed by atoms with Crippen LogP contribution < -0.4 is 5.32 Å². The van der Waals surface area contributed by atoms with E-state index >= 15 is 0 Å². The summed E-state index contributed by atoms with van der Waals surface area (Å²) in [7, 11) is 0. The molecule has 2 atom stereocenters. The molecule has 0 saturated carbocycles. The molecule has 1 N–H and O–H groups in total. The van der Waals surface area contributed by atoms with Crippen LogP contribution in [0.2, 0.25) is 0 Å². The Bertz CT molecular complexity index is 273. The summed E-state index contributed by atoms with van der Waals surface area (Å²) in [5.41, 5.74) is 1.25. The number of hydrogen-bond acceptors (Lipinski definition) is 2. The molecule has 1 rings (SSSR count). The summed E-state index contributed by atoms with van der Waals surface area (Å²) < 4.78 is 6.03. The van der Waals surface area contributed by atoms with Crippen LogP contribution in [0.3, 0.4) is 0 Å². The molecule has 0 saturated heterocycles. The molecule has 0 amide bonds. The van der Waals surface area contributed by atoms with Gasteiger partial charge in [0.1, 0.15) is 0 Å². The van der Waals surface area contributed by atoms with Gasteiger partial charge in [0.05, 0.1) is 12.2 Å². The van der Waals surface area contributed by atoms with Gasteiger partial charge >= 0.3 is 0 Å². The van der Waals surface area contributed by atoms with Crippen molar-refractivity contribution in [2.75, 3.05) is 13.1 Å². The van der Waals surface area contributed by atoms with Gasteiger partial charge in [-0.15, -0.1) is 0 Å². The fourth-order valence-corrected chi connectivity index (χ4v) is 1.56. The zero-order valence-electron chi connectivity index (χ0n) is 10.6. The molecule has 0 heterocycles. The van der Waals surface area contributed by atoms with Crippen LogP contribution in [0, 0.1) is 0 Å². The first kappa shape index (κ1) is 13.2. The van der Waals surface area contributed by atoms with E-state index in [1.165, 1.54) is 5.56 Å². The smallest absolute Gasteiger partial charge is 0.0952 e. The van der Waals surface area contributed by atoms with E-state index in [-0.39, 0.29) is 6.10 Å². The van der Waals surface area contributed by atoms with Crippen LogP contribution in [0.4, 0.5) is 0 Å². The molecule has 0 aliphatic carbocycles. The fraction of sp³-hybridized carbons (Fsp3) is 0.571. The van der Waals surface area contributed by atoms with Gasteiger partial charge in [-0.3, -0.25) is 0 Å². The summed E-state index contributed by atoms with van der Waals surface area (Å²) in [6.07, 6.45) is 1.52. The highest BCUT2D eigenvalue weighted by atomic mass is 16.5. The molecule has 0 aliphatic heterocycles. The number of hydrogen-bond donors (Lipinski definition) is 1. The lowest BCUT2D eigenvalue weighted by Gasteiger charge is -2.22. The Kier molecular flexibility index (Phi) is 6.12. The molecule has 0 fully saturated rings. The molecule has 2 nitrogen and oxygen atoms in total. The first-order valence-electron chi connectivity index (χ1n) is 6.19. The van der Waals surface area contributed by atoms with Crippen LogP contribution in [0.15, 0.2) is 30.3 Å². The van der Waals surface area contributed by atoms with Crippen LogP contribution >= 0.6 is 0 Å². The van der Waals surface area contributed by atoms with Crippen LogP contribution in [0.25, 0.3) is 0 Å². The van der Waals surface area contributed by atoms with E-state index in [1.54, 1.807) is 0 Å². The molecule has 90 valence electrons. The standard InChI is InChI=1S/C14H23NO/c1-4-12(3)16-14(11-15-5-2)13-9-7-6-8-10-13/h6-10,12,14-15H,4-5,11H2,1-3H3. The van der Waals surface area contributed by atoms with Gasteiger partial charge in [-0.25, -0.2) is 0 Å². The second-order valence-corrected chi connectivity index (χ2v) is 4.06. The van der Waals surface area contributed by atoms with Crippen LogP contribution in [0.5, 0.6) is 0 Å². The molecule has 0 spiro atoms. The van der Waals surface area contributed by atoms with Crippen molar-refractivity contribution in [3.63, 3.8) is 0 Å². The molecule has 0 radical (unpaired) electrons. The summed E-state index contributed by atoms with van der Waals surface area (Å²) in [4.78, 5) is 0. The zero-order valence-corrected chi connectivity index (χ0v) is 10.6. The minimum atomic E-state index is 0.163. The average molecular weight is 221 g/mol. The summed E-state index contributed by atoms with van der Waals surface area (Å²) in [6, 6.07) is 10.4. The quantitative estimate of drug-likeness (QED) is 0.763. The van der Waals surface area contributed by atoms with E-state index in [9.17, 15) is 0 Å². The number of likely N-dealkylation sites (N-methyl/N-ethyl adjacent to an activating group) is 1. The monoisotopic (exact) mass is 221 g/mol. The normalized spacial score (nSPS) is 14.7. The van der Waals surface area contributed by atoms with E-state index in [0.717, 1.165) is 19.5 Å². The van der Waals surface area contributed by atoms with Crippen molar-refractivity contribution in [1.29, 1.82) is 0 Å². The van der Waals surface area contributed by atoms with E-state index < -0.39 is 0 Å². The molecule has 0 bridgehead atoms. The first-order chi connectivity index (χ1) is 7.77. The molecular weight excluding hydrogens is 198 g/mol. The second-order valence-electron chi connectivity index (χ2n) is 4.06. The summed E-state index contributed by atoms with van der Waals surface area (Å²) >= 11 is 0. The second kappa shape index (κ2) is 7.42. The van der Waals surface area contributed by atoms with Crippen molar-refractivity contribution in [3.8, 4) is 0 Å². The first-order valence-corrected chi connectivity index (χ1v) is 6.19. The van der Waals surface area contributed by atoms with E-state index in [4.69, 9.17) is 4.74 Å². The number of nitrogens with one attached hydrogen (secondary N) is 1. The molecule has 2 heteroatoms. The minimum absolute atomic E-state index is 0.163. The molecular formula is C14H23NO. The average Bonchev–Trinajstić information content (AvgIpc) is 2.35. The Morgan fingerprint density at radius 3 is 2.44 bits per heavy atom. The van der Waals surface area contributed by atoms with E-state index in [2.05, 4.69) is 50.4 Å². The van der Waals surface area contributed by atoms with E-state index in [1.807, 2.05) is 6.07 Å². The van der Waals surface area contributed by atoms with Gasteiger partial charge in [-0.2, -0.15) is 0 Å². The third-order valence-corrected chi connectivity index (χ3v) is 2.72. The van der Waals surface area contributed by atoms with Gasteiger partial charge < -0.3 is 10.1 Å². The molecule has 0 aromatic heterocycles. The summed E-state index contributed by atoms with van der Waals surface area (Å²) in [5.74, 6) is 0. The van der Waals surface area contributed by atoms with Gasteiger partial charge in [0, 0.05) is 6.54 Å². The predicted octanol–water partition coefficient (Wildman–Crippen LogP) is 3.15. The van der Waals surface area contributed by atoms with Crippen molar-refractivity contribution in [2.45, 2.75) is 39.4 Å². The van der Waals surface area contributed by atoms with Gasteiger partial charge in [-0.1, -0.05) is 44.2 Å². The van der Waals surface area contributed by atoms with Crippen molar-refractivity contribution < 1.29 is 4.74 Å². The number of rotatable bonds is 7. The number of ether oxygens (including phenoxy) is 1. The van der Waals surface area contributed by atoms with Crippen molar-refractivity contribution in [2.24, 2.45) is 0 Å². The Balaban J connectivity index is 2.63. The van der Waals surface area contributed by atoms with Gasteiger partial charge in [-0.05, 0) is 25.5 Å². The maximum Gasteiger partial charge on any atom is 0.0952 e. The lowest BCUT2D eigenvalue weighted by Crippen LogP contribution is -2.25. The SMILES string of the molecule is CCNCC(OC(C)CC)c1ccccc1. The zero-order chi connectivity index (χ0) is 11.8. The summed E-state index contributed by atoms with van der Waals surface area (Å²) in [5, 5.41) is 3.35. The van der Waals surface area contributed by atoms with Gasteiger partial charge in [0.2, 0.25) is 0 Å². The van der Waals surface area contributed by atoms with Gasteiger partial charge in [0.15, 0.2) is 0 Å².